The zero-order chi connectivity index (χ0) is 37.3. The van der Waals surface area contributed by atoms with E-state index >= 15 is 0 Å². The highest BCUT2D eigenvalue weighted by Crippen LogP contribution is 2.54. The molecule has 0 saturated carbocycles. The molecule has 0 spiro atoms. The van der Waals surface area contributed by atoms with Crippen LogP contribution >= 0.6 is 0 Å². The maximum Gasteiger partial charge on any atom is 0.460 e. The van der Waals surface area contributed by atoms with Crippen LogP contribution in [-0.4, -0.2) is 108 Å². The van der Waals surface area contributed by atoms with Crippen molar-refractivity contribution >= 4 is 29.4 Å². The SMILES string of the molecule is CC(C)C(C(=O)C(F)(F)C(F)(F)C(F)(F)C(F)(F)F)N1CC=C1C(=O)NC(=O)[C@@H](NC(=O)c1ccc(C(=O)N2CCOCC2)cc1)C(C)C. The van der Waals surface area contributed by atoms with Crippen molar-refractivity contribution in [1.82, 2.24) is 20.4 Å². The Hall–Kier alpha value is -4.16. The van der Waals surface area contributed by atoms with Crippen molar-refractivity contribution in [3.63, 3.8) is 0 Å². The van der Waals surface area contributed by atoms with E-state index in [2.05, 4.69) is 5.32 Å². The highest BCUT2D eigenvalue weighted by atomic mass is 19.4. The van der Waals surface area contributed by atoms with Gasteiger partial charge in [-0.2, -0.15) is 39.5 Å². The lowest BCUT2D eigenvalue weighted by atomic mass is 9.87. The first-order valence-electron chi connectivity index (χ1n) is 14.8. The number of carbonyl (C=O) groups excluding carboxylic acids is 5. The van der Waals surface area contributed by atoms with Gasteiger partial charge in [-0.15, -0.1) is 0 Å². The maximum absolute atomic E-state index is 14.5. The lowest BCUT2D eigenvalue weighted by molar-refractivity contribution is -0.388. The van der Waals surface area contributed by atoms with Crippen molar-refractivity contribution in [2.75, 3.05) is 32.8 Å². The molecule has 4 amide bonds. The van der Waals surface area contributed by atoms with E-state index in [0.29, 0.717) is 31.2 Å². The molecule has 0 radical (unpaired) electrons. The zero-order valence-corrected chi connectivity index (χ0v) is 26.5. The van der Waals surface area contributed by atoms with Gasteiger partial charge in [0.25, 0.3) is 17.7 Å². The summed E-state index contributed by atoms with van der Waals surface area (Å²) >= 11 is 0. The van der Waals surface area contributed by atoms with Gasteiger partial charge in [0.05, 0.1) is 19.3 Å². The number of benzene rings is 1. The number of Topliss-reactive ketones (excluding diaryl/α,β-unsaturated/α-hetero) is 1. The van der Waals surface area contributed by atoms with Gasteiger partial charge in [0, 0.05) is 30.8 Å². The van der Waals surface area contributed by atoms with E-state index in [4.69, 9.17) is 4.74 Å². The number of amides is 4. The minimum absolute atomic E-state index is 0.0308. The summed E-state index contributed by atoms with van der Waals surface area (Å²) in [5, 5.41) is 4.29. The zero-order valence-electron chi connectivity index (χ0n) is 26.5. The molecule has 2 aliphatic heterocycles. The highest BCUT2D eigenvalue weighted by molar-refractivity contribution is 6.08. The van der Waals surface area contributed by atoms with Crippen LogP contribution in [0.25, 0.3) is 0 Å². The number of alkyl halides is 9. The molecule has 19 heteroatoms. The molecule has 10 nitrogen and oxygen atoms in total. The smallest absolute Gasteiger partial charge is 0.378 e. The Morgan fingerprint density at radius 1 is 0.755 bits per heavy atom. The van der Waals surface area contributed by atoms with Gasteiger partial charge in [-0.3, -0.25) is 29.3 Å². The summed E-state index contributed by atoms with van der Waals surface area (Å²) in [6.07, 6.45) is -6.17. The van der Waals surface area contributed by atoms with Crippen LogP contribution in [0.1, 0.15) is 48.4 Å². The molecule has 1 saturated heterocycles. The molecular weight excluding hydrogens is 683 g/mol. The van der Waals surface area contributed by atoms with E-state index in [0.717, 1.165) is 19.9 Å². The summed E-state index contributed by atoms with van der Waals surface area (Å²) < 4.78 is 127. The minimum Gasteiger partial charge on any atom is -0.378 e. The number of carbonyl (C=O) groups is 5. The van der Waals surface area contributed by atoms with E-state index in [1.54, 1.807) is 4.90 Å². The monoisotopic (exact) mass is 716 g/mol. The average molecular weight is 717 g/mol. The van der Waals surface area contributed by atoms with E-state index in [-0.39, 0.29) is 17.0 Å². The first-order chi connectivity index (χ1) is 22.5. The Balaban J connectivity index is 1.72. The molecular formula is C30H33F9N4O6. The number of ketones is 1. The summed E-state index contributed by atoms with van der Waals surface area (Å²) in [5.74, 6) is -29.7. The van der Waals surface area contributed by atoms with Crippen LogP contribution in [0.2, 0.25) is 0 Å². The Morgan fingerprint density at radius 2 is 1.29 bits per heavy atom. The van der Waals surface area contributed by atoms with Crippen molar-refractivity contribution in [2.24, 2.45) is 11.8 Å². The molecule has 0 bridgehead atoms. The predicted molar refractivity (Wildman–Crippen MR) is 152 cm³/mol. The summed E-state index contributed by atoms with van der Waals surface area (Å²) in [4.78, 5) is 66.2. The third-order valence-electron chi connectivity index (χ3n) is 7.88. The summed E-state index contributed by atoms with van der Waals surface area (Å²) in [5.41, 5.74) is -0.394. The molecule has 272 valence electrons. The molecule has 0 aromatic heterocycles. The predicted octanol–water partition coefficient (Wildman–Crippen LogP) is 3.82. The van der Waals surface area contributed by atoms with Gasteiger partial charge in [-0.1, -0.05) is 27.7 Å². The van der Waals surface area contributed by atoms with Crippen LogP contribution in [0.3, 0.4) is 0 Å². The van der Waals surface area contributed by atoms with Gasteiger partial charge >= 0.3 is 23.9 Å². The number of nitrogens with zero attached hydrogens (tertiary/aromatic N) is 2. The van der Waals surface area contributed by atoms with Crippen molar-refractivity contribution < 1.29 is 68.2 Å². The topological polar surface area (TPSA) is 125 Å². The van der Waals surface area contributed by atoms with Gasteiger partial charge in [-0.25, -0.2) is 0 Å². The number of hydrogen-bond acceptors (Lipinski definition) is 7. The molecule has 49 heavy (non-hydrogen) atoms. The van der Waals surface area contributed by atoms with E-state index in [1.165, 1.54) is 38.1 Å². The van der Waals surface area contributed by atoms with Gasteiger partial charge in [0.1, 0.15) is 11.7 Å². The van der Waals surface area contributed by atoms with E-state index in [9.17, 15) is 63.5 Å². The first kappa shape index (κ1) is 39.3. The number of morpholine rings is 1. The van der Waals surface area contributed by atoms with Crippen molar-refractivity contribution in [2.45, 2.75) is 63.7 Å². The normalized spacial score (nSPS) is 17.2. The third kappa shape index (κ3) is 7.70. The maximum atomic E-state index is 14.5. The van der Waals surface area contributed by atoms with Gasteiger partial charge in [0.2, 0.25) is 11.7 Å². The standard InChI is InChI=1S/C30H33F9N4O6/c1-15(2)20(40-23(45)17-5-7-18(8-6-17)26(48)42-11-13-49-14-12-42)25(47)41-24(46)19-9-10-43(19)21(16(3)4)22(44)27(31,32)28(33,34)29(35,36)30(37,38)39/h5-9,15-16,20-21H,10-14H2,1-4H3,(H,40,45)(H,41,46,47)/t20-,21?/m0/s1. The van der Waals surface area contributed by atoms with Gasteiger partial charge in [-0.05, 0) is 42.2 Å². The van der Waals surface area contributed by atoms with E-state index < -0.39 is 83.6 Å². The van der Waals surface area contributed by atoms with E-state index in [1.807, 2.05) is 5.32 Å². The van der Waals surface area contributed by atoms with Crippen LogP contribution in [0.15, 0.2) is 36.0 Å². The molecule has 0 aliphatic carbocycles. The number of hydrogen-bond donors (Lipinski definition) is 2. The second-order valence-electron chi connectivity index (χ2n) is 12.0. The second-order valence-corrected chi connectivity index (χ2v) is 12.0. The fourth-order valence-corrected chi connectivity index (χ4v) is 5.02. The van der Waals surface area contributed by atoms with Gasteiger partial charge < -0.3 is 19.9 Å². The fraction of sp³-hybridized carbons (Fsp3) is 0.567. The van der Waals surface area contributed by atoms with Crippen molar-refractivity contribution in [3.8, 4) is 0 Å². The van der Waals surface area contributed by atoms with Crippen LogP contribution in [0.5, 0.6) is 0 Å². The summed E-state index contributed by atoms with van der Waals surface area (Å²) in [7, 11) is 0. The summed E-state index contributed by atoms with van der Waals surface area (Å²) in [6.45, 7) is 5.91. The molecule has 1 fully saturated rings. The average Bonchev–Trinajstić information content (AvgIpc) is 3.00. The third-order valence-corrected chi connectivity index (χ3v) is 7.88. The van der Waals surface area contributed by atoms with Crippen LogP contribution in [-0.2, 0) is 19.1 Å². The number of ether oxygens (including phenoxy) is 1. The van der Waals surface area contributed by atoms with Crippen LogP contribution < -0.4 is 10.6 Å². The number of halogens is 9. The van der Waals surface area contributed by atoms with Crippen molar-refractivity contribution in [3.05, 3.63) is 47.2 Å². The Bertz CT molecular complexity index is 1470. The lowest BCUT2D eigenvalue weighted by Crippen LogP contribution is -2.67. The van der Waals surface area contributed by atoms with Gasteiger partial charge in [0.15, 0.2) is 0 Å². The molecule has 2 atom stereocenters. The lowest BCUT2D eigenvalue weighted by Gasteiger charge is -2.43. The quantitative estimate of drug-likeness (QED) is 0.316. The molecule has 2 aliphatic rings. The minimum atomic E-state index is -7.29. The number of rotatable bonds is 12. The molecule has 2 heterocycles. The number of nitrogens with one attached hydrogen (secondary N) is 2. The van der Waals surface area contributed by atoms with Crippen molar-refractivity contribution in [1.29, 1.82) is 0 Å². The van der Waals surface area contributed by atoms with Crippen LogP contribution in [0.4, 0.5) is 39.5 Å². The molecule has 1 aromatic rings. The highest BCUT2D eigenvalue weighted by Gasteiger charge is 2.84. The molecule has 2 N–H and O–H groups in total. The molecule has 1 aromatic carbocycles. The van der Waals surface area contributed by atoms with Crippen LogP contribution in [0, 0.1) is 11.8 Å². The Labute approximate surface area is 274 Å². The Morgan fingerprint density at radius 3 is 1.73 bits per heavy atom. The fourth-order valence-electron chi connectivity index (χ4n) is 5.02. The second kappa shape index (κ2) is 14.4. The first-order valence-corrected chi connectivity index (χ1v) is 14.8. The Kier molecular flexibility index (Phi) is 11.5. The molecule has 1 unspecified atom stereocenters. The number of imide groups is 1. The molecule has 3 rings (SSSR count). The largest absolute Gasteiger partial charge is 0.460 e. The summed E-state index contributed by atoms with van der Waals surface area (Å²) in [6, 6.07) is 1.55.